The molecule has 2 heterocycles. The molecule has 0 spiro atoms. The quantitative estimate of drug-likeness (QED) is 0.290. The van der Waals surface area contributed by atoms with Gasteiger partial charge in [0.1, 0.15) is 15.8 Å². The van der Waals surface area contributed by atoms with Crippen molar-refractivity contribution in [2.75, 3.05) is 26.9 Å². The van der Waals surface area contributed by atoms with Crippen LogP contribution in [0.25, 0.3) is 23.0 Å². The highest BCUT2D eigenvalue weighted by atomic mass is 32.2. The number of carbonyl (C=O) groups is 1. The van der Waals surface area contributed by atoms with Crippen LogP contribution < -0.4 is 4.74 Å². The molecule has 1 aliphatic rings. The summed E-state index contributed by atoms with van der Waals surface area (Å²) in [5.74, 6) is 0.763. The molecule has 6 nitrogen and oxygen atoms in total. The van der Waals surface area contributed by atoms with Gasteiger partial charge in [0.2, 0.25) is 0 Å². The van der Waals surface area contributed by atoms with E-state index in [1.54, 1.807) is 12.0 Å². The maximum atomic E-state index is 13.0. The minimum absolute atomic E-state index is 0.107. The largest absolute Gasteiger partial charge is 0.493 e. The molecule has 1 aromatic heterocycles. The number of nitrogens with zero attached hydrogens (tertiary/aromatic N) is 3. The van der Waals surface area contributed by atoms with Gasteiger partial charge in [0, 0.05) is 24.4 Å². The first-order valence-electron chi connectivity index (χ1n) is 11.1. The zero-order valence-electron chi connectivity index (χ0n) is 19.5. The lowest BCUT2D eigenvalue weighted by Crippen LogP contribution is -2.31. The minimum Gasteiger partial charge on any atom is -0.493 e. The number of aryl methyl sites for hydroxylation is 1. The van der Waals surface area contributed by atoms with Crippen LogP contribution in [0.4, 0.5) is 0 Å². The van der Waals surface area contributed by atoms with Crippen molar-refractivity contribution in [2.45, 2.75) is 20.3 Å². The number of hydrogen-bond acceptors (Lipinski definition) is 6. The molecule has 34 heavy (non-hydrogen) atoms. The molecular weight excluding hydrogens is 466 g/mol. The number of para-hydroxylation sites is 1. The van der Waals surface area contributed by atoms with Crippen LogP contribution in [-0.4, -0.2) is 51.8 Å². The molecule has 0 aliphatic carbocycles. The smallest absolute Gasteiger partial charge is 0.266 e. The Morgan fingerprint density at radius 3 is 2.65 bits per heavy atom. The van der Waals surface area contributed by atoms with Crippen LogP contribution in [0.5, 0.6) is 5.75 Å². The van der Waals surface area contributed by atoms with Gasteiger partial charge in [-0.2, -0.15) is 5.10 Å². The van der Waals surface area contributed by atoms with Gasteiger partial charge in [-0.15, -0.1) is 0 Å². The number of rotatable bonds is 9. The van der Waals surface area contributed by atoms with E-state index in [1.165, 1.54) is 11.8 Å². The van der Waals surface area contributed by atoms with Crippen LogP contribution in [0.3, 0.4) is 0 Å². The predicted octanol–water partition coefficient (Wildman–Crippen LogP) is 5.48. The van der Waals surface area contributed by atoms with Crippen molar-refractivity contribution in [1.82, 2.24) is 14.7 Å². The molecule has 176 valence electrons. The van der Waals surface area contributed by atoms with Gasteiger partial charge in [0.05, 0.1) is 30.4 Å². The molecule has 0 unspecified atom stereocenters. The lowest BCUT2D eigenvalue weighted by molar-refractivity contribution is -0.122. The normalized spacial score (nSPS) is 14.9. The zero-order chi connectivity index (χ0) is 24.1. The second-order valence-electron chi connectivity index (χ2n) is 7.87. The Bertz CT molecular complexity index is 1220. The van der Waals surface area contributed by atoms with Crippen molar-refractivity contribution in [2.24, 2.45) is 0 Å². The van der Waals surface area contributed by atoms with Gasteiger partial charge in [-0.05, 0) is 55.3 Å². The molecule has 0 saturated carbocycles. The third-order valence-corrected chi connectivity index (χ3v) is 6.73. The average molecular weight is 494 g/mol. The van der Waals surface area contributed by atoms with Crippen molar-refractivity contribution in [3.63, 3.8) is 0 Å². The summed E-state index contributed by atoms with van der Waals surface area (Å²) in [5.41, 5.74) is 4.57. The van der Waals surface area contributed by atoms with E-state index in [4.69, 9.17) is 26.8 Å². The van der Waals surface area contributed by atoms with Gasteiger partial charge in [0.25, 0.3) is 5.91 Å². The van der Waals surface area contributed by atoms with Crippen LogP contribution in [0, 0.1) is 6.92 Å². The maximum absolute atomic E-state index is 13.0. The average Bonchev–Trinajstić information content (AvgIpc) is 3.38. The topological polar surface area (TPSA) is 56.6 Å². The van der Waals surface area contributed by atoms with Crippen molar-refractivity contribution in [3.8, 4) is 22.7 Å². The molecule has 8 heteroatoms. The summed E-state index contributed by atoms with van der Waals surface area (Å²) in [4.78, 5) is 15.2. The highest BCUT2D eigenvalue weighted by molar-refractivity contribution is 8.26. The van der Waals surface area contributed by atoms with E-state index >= 15 is 0 Å². The molecule has 2 aromatic carbocycles. The summed E-state index contributed by atoms with van der Waals surface area (Å²) in [6.07, 6.45) is 4.78. The molecule has 1 amide bonds. The highest BCUT2D eigenvalue weighted by Crippen LogP contribution is 2.35. The Kier molecular flexibility index (Phi) is 7.82. The van der Waals surface area contributed by atoms with Gasteiger partial charge < -0.3 is 9.47 Å². The van der Waals surface area contributed by atoms with E-state index in [-0.39, 0.29) is 5.91 Å². The zero-order valence-corrected chi connectivity index (χ0v) is 21.1. The summed E-state index contributed by atoms with van der Waals surface area (Å²) in [5, 5.41) is 4.88. The summed E-state index contributed by atoms with van der Waals surface area (Å²) < 4.78 is 13.3. The van der Waals surface area contributed by atoms with Gasteiger partial charge in [-0.3, -0.25) is 9.69 Å². The van der Waals surface area contributed by atoms with Gasteiger partial charge in [0.15, 0.2) is 0 Å². The molecule has 0 bridgehead atoms. The Morgan fingerprint density at radius 1 is 1.15 bits per heavy atom. The van der Waals surface area contributed by atoms with Gasteiger partial charge >= 0.3 is 0 Å². The summed E-state index contributed by atoms with van der Waals surface area (Å²) in [6, 6.07) is 16.0. The van der Waals surface area contributed by atoms with Crippen molar-refractivity contribution in [1.29, 1.82) is 0 Å². The Morgan fingerprint density at radius 2 is 1.94 bits per heavy atom. The molecule has 1 aliphatic heterocycles. The second kappa shape index (κ2) is 11.0. The van der Waals surface area contributed by atoms with Crippen molar-refractivity contribution < 1.29 is 14.3 Å². The summed E-state index contributed by atoms with van der Waals surface area (Å²) >= 11 is 6.74. The number of thiocarbonyl (C=S) groups is 1. The second-order valence-corrected chi connectivity index (χ2v) is 9.54. The van der Waals surface area contributed by atoms with E-state index in [0.29, 0.717) is 29.0 Å². The standard InChI is InChI=1S/C26H27N3O3S2/c1-4-13-32-22-11-10-19(15-18(22)2)24-20(17-29(27-24)21-8-6-5-7-9-21)16-23-25(30)28(12-14-31-3)26(33)34-23/h5-11,15-17H,4,12-14H2,1-3H3. The first kappa shape index (κ1) is 24.2. The van der Waals surface area contributed by atoms with E-state index in [1.807, 2.05) is 66.3 Å². The van der Waals surface area contributed by atoms with Crippen LogP contribution in [0.15, 0.2) is 59.6 Å². The van der Waals surface area contributed by atoms with Crippen molar-refractivity contribution in [3.05, 3.63) is 70.8 Å². The van der Waals surface area contributed by atoms with Crippen LogP contribution in [0.2, 0.25) is 0 Å². The number of carbonyl (C=O) groups excluding carboxylic acids is 1. The Balaban J connectivity index is 1.74. The number of benzene rings is 2. The van der Waals surface area contributed by atoms with E-state index in [9.17, 15) is 4.79 Å². The molecular formula is C26H27N3O3S2. The number of amides is 1. The fraction of sp³-hybridized carbons (Fsp3) is 0.269. The number of thioether (sulfide) groups is 1. The highest BCUT2D eigenvalue weighted by Gasteiger charge is 2.32. The predicted molar refractivity (Wildman–Crippen MR) is 141 cm³/mol. The fourth-order valence-corrected chi connectivity index (χ4v) is 4.92. The molecule has 0 N–H and O–H groups in total. The van der Waals surface area contributed by atoms with E-state index < -0.39 is 0 Å². The van der Waals surface area contributed by atoms with E-state index in [2.05, 4.69) is 13.0 Å². The summed E-state index contributed by atoms with van der Waals surface area (Å²) in [6.45, 7) is 5.67. The van der Waals surface area contributed by atoms with Gasteiger partial charge in [-0.25, -0.2) is 4.68 Å². The van der Waals surface area contributed by atoms with Crippen LogP contribution in [-0.2, 0) is 9.53 Å². The lowest BCUT2D eigenvalue weighted by Gasteiger charge is -2.12. The molecule has 1 fully saturated rings. The Hall–Kier alpha value is -2.94. The first-order valence-corrected chi connectivity index (χ1v) is 12.4. The fourth-order valence-electron chi connectivity index (χ4n) is 3.62. The third-order valence-electron chi connectivity index (χ3n) is 5.35. The third kappa shape index (κ3) is 5.24. The molecule has 4 rings (SSSR count). The molecule has 1 saturated heterocycles. The molecule has 0 radical (unpaired) electrons. The Labute approximate surface area is 209 Å². The van der Waals surface area contributed by atoms with Gasteiger partial charge in [-0.1, -0.05) is 49.1 Å². The first-order chi connectivity index (χ1) is 16.5. The number of methoxy groups -OCH3 is 1. The van der Waals surface area contributed by atoms with Crippen molar-refractivity contribution >= 4 is 40.3 Å². The number of aromatic nitrogens is 2. The van der Waals surface area contributed by atoms with Crippen LogP contribution in [0.1, 0.15) is 24.5 Å². The molecule has 0 atom stereocenters. The maximum Gasteiger partial charge on any atom is 0.266 e. The SMILES string of the molecule is CCCOc1ccc(-c2nn(-c3ccccc3)cc2C=C2SC(=S)N(CCOC)C2=O)cc1C. The molecule has 3 aromatic rings. The number of ether oxygens (including phenoxy) is 2. The van der Waals surface area contributed by atoms with E-state index in [0.717, 1.165) is 40.2 Å². The number of hydrogen-bond donors (Lipinski definition) is 0. The lowest BCUT2D eigenvalue weighted by atomic mass is 10.0. The monoisotopic (exact) mass is 493 g/mol. The summed E-state index contributed by atoms with van der Waals surface area (Å²) in [7, 11) is 1.61. The minimum atomic E-state index is -0.107. The van der Waals surface area contributed by atoms with Crippen LogP contribution >= 0.6 is 24.0 Å².